The van der Waals surface area contributed by atoms with Gasteiger partial charge in [-0.1, -0.05) is 42.3 Å². The van der Waals surface area contributed by atoms with E-state index < -0.39 is 24.4 Å². The molecule has 0 saturated carbocycles. The minimum atomic E-state index is -0.824. The Hall–Kier alpha value is -3.15. The zero-order valence-corrected chi connectivity index (χ0v) is 13.0. The predicted molar refractivity (Wildman–Crippen MR) is 84.3 cm³/mol. The number of ether oxygens (including phenoxy) is 1. The molecule has 6 nitrogen and oxygen atoms in total. The van der Waals surface area contributed by atoms with Crippen LogP contribution in [0.5, 0.6) is 5.75 Å². The van der Waals surface area contributed by atoms with Gasteiger partial charge in [-0.25, -0.2) is 4.79 Å². The fraction of sp³-hybridized carbons (Fsp3) is 0.167. The Morgan fingerprint density at radius 2 is 1.54 bits per heavy atom. The first-order valence-electron chi connectivity index (χ1n) is 7.51. The lowest BCUT2D eigenvalue weighted by molar-refractivity contribution is -0.170. The summed E-state index contributed by atoms with van der Waals surface area (Å²) in [6, 6.07) is 13.6. The number of carbonyl (C=O) groups excluding carboxylic acids is 3. The van der Waals surface area contributed by atoms with Crippen molar-refractivity contribution in [2.45, 2.75) is 13.3 Å². The fourth-order valence-corrected chi connectivity index (χ4v) is 2.45. The maximum absolute atomic E-state index is 12.1. The lowest BCUT2D eigenvalue weighted by Crippen LogP contribution is -2.34. The maximum Gasteiger partial charge on any atom is 0.370 e. The second-order valence-electron chi connectivity index (χ2n) is 5.16. The Bertz CT molecular complexity index is 780. The average molecular weight is 325 g/mol. The molecule has 0 aliphatic carbocycles. The summed E-state index contributed by atoms with van der Waals surface area (Å²) in [5.74, 6) is -1.56. The minimum Gasteiger partial charge on any atom is -0.482 e. The Morgan fingerprint density at radius 1 is 0.958 bits per heavy atom. The van der Waals surface area contributed by atoms with Crippen molar-refractivity contribution < 1.29 is 24.0 Å². The summed E-state index contributed by atoms with van der Waals surface area (Å²) in [6.07, 6.45) is 0.754. The first-order chi connectivity index (χ1) is 11.6. The van der Waals surface area contributed by atoms with Crippen molar-refractivity contribution in [3.8, 4) is 5.75 Å². The van der Waals surface area contributed by atoms with Crippen LogP contribution in [0.3, 0.4) is 0 Å². The number of hydrogen-bond acceptors (Lipinski definition) is 5. The van der Waals surface area contributed by atoms with Gasteiger partial charge in [0, 0.05) is 0 Å². The molecule has 0 aromatic heterocycles. The van der Waals surface area contributed by atoms with Crippen molar-refractivity contribution in [3.63, 3.8) is 0 Å². The van der Waals surface area contributed by atoms with Crippen LogP contribution in [0.15, 0.2) is 48.5 Å². The van der Waals surface area contributed by atoms with Gasteiger partial charge < -0.3 is 9.57 Å². The van der Waals surface area contributed by atoms with Gasteiger partial charge in [0.05, 0.1) is 11.1 Å². The highest BCUT2D eigenvalue weighted by Gasteiger charge is 2.38. The molecule has 6 heteroatoms. The summed E-state index contributed by atoms with van der Waals surface area (Å²) in [5, 5.41) is 0.474. The van der Waals surface area contributed by atoms with Crippen LogP contribution in [0.2, 0.25) is 0 Å². The van der Waals surface area contributed by atoms with Crippen LogP contribution in [-0.4, -0.2) is 29.5 Å². The standard InChI is InChI=1S/C18H15NO5/c1-2-12-7-3-6-10-15(12)23-11-16(20)24-19-17(21)13-8-4-5-9-14(13)18(19)22/h3-10H,2,11H2,1H3. The largest absolute Gasteiger partial charge is 0.482 e. The van der Waals surface area contributed by atoms with Gasteiger partial charge in [0.1, 0.15) is 5.75 Å². The first-order valence-corrected chi connectivity index (χ1v) is 7.51. The summed E-state index contributed by atoms with van der Waals surface area (Å²) in [5.41, 5.74) is 1.38. The Balaban J connectivity index is 1.64. The second-order valence-corrected chi connectivity index (χ2v) is 5.16. The molecule has 24 heavy (non-hydrogen) atoms. The van der Waals surface area contributed by atoms with Crippen LogP contribution in [0.4, 0.5) is 0 Å². The first kappa shape index (κ1) is 15.7. The van der Waals surface area contributed by atoms with E-state index in [9.17, 15) is 14.4 Å². The Kier molecular flexibility index (Phi) is 4.29. The van der Waals surface area contributed by atoms with E-state index in [-0.39, 0.29) is 11.1 Å². The zero-order chi connectivity index (χ0) is 17.1. The summed E-state index contributed by atoms with van der Waals surface area (Å²) < 4.78 is 5.42. The summed E-state index contributed by atoms with van der Waals surface area (Å²) >= 11 is 0. The third-order valence-electron chi connectivity index (χ3n) is 3.65. The van der Waals surface area contributed by atoms with Crippen LogP contribution in [0, 0.1) is 0 Å². The van der Waals surface area contributed by atoms with Crippen LogP contribution in [-0.2, 0) is 16.1 Å². The van der Waals surface area contributed by atoms with Crippen LogP contribution in [0.25, 0.3) is 0 Å². The molecule has 0 spiro atoms. The van der Waals surface area contributed by atoms with Gasteiger partial charge in [0.25, 0.3) is 11.8 Å². The molecule has 3 rings (SSSR count). The third kappa shape index (κ3) is 2.86. The molecule has 1 heterocycles. The molecule has 0 atom stereocenters. The molecule has 0 unspecified atom stereocenters. The number of hydroxylamine groups is 2. The molecule has 0 N–H and O–H groups in total. The number of benzene rings is 2. The van der Waals surface area contributed by atoms with Gasteiger partial charge in [0.15, 0.2) is 6.61 Å². The van der Waals surface area contributed by atoms with E-state index in [1.807, 2.05) is 19.1 Å². The van der Waals surface area contributed by atoms with Gasteiger partial charge >= 0.3 is 5.97 Å². The molecule has 2 aromatic rings. The predicted octanol–water partition coefficient (Wildman–Crippen LogP) is 2.38. The highest BCUT2D eigenvalue weighted by Crippen LogP contribution is 2.23. The lowest BCUT2D eigenvalue weighted by Gasteiger charge is -2.14. The van der Waals surface area contributed by atoms with E-state index in [1.54, 1.807) is 24.3 Å². The normalized spacial score (nSPS) is 13.0. The number of nitrogens with zero attached hydrogens (tertiary/aromatic N) is 1. The number of fused-ring (bicyclic) bond motifs is 1. The molecule has 2 aromatic carbocycles. The third-order valence-corrected chi connectivity index (χ3v) is 3.65. The van der Waals surface area contributed by atoms with Crippen molar-refractivity contribution in [3.05, 3.63) is 65.2 Å². The smallest absolute Gasteiger partial charge is 0.370 e. The van der Waals surface area contributed by atoms with Gasteiger partial charge in [-0.2, -0.15) is 0 Å². The molecule has 2 amide bonds. The maximum atomic E-state index is 12.1. The van der Waals surface area contributed by atoms with E-state index in [0.717, 1.165) is 12.0 Å². The molecular formula is C18H15NO5. The molecule has 1 aliphatic rings. The number of rotatable bonds is 5. The van der Waals surface area contributed by atoms with Gasteiger partial charge in [0.2, 0.25) is 0 Å². The Labute approximate surface area is 138 Å². The number of imide groups is 1. The number of para-hydroxylation sites is 1. The minimum absolute atomic E-state index is 0.215. The fourth-order valence-electron chi connectivity index (χ4n) is 2.45. The molecule has 0 radical (unpaired) electrons. The van der Waals surface area contributed by atoms with Crippen molar-refractivity contribution >= 4 is 17.8 Å². The number of hydrogen-bond donors (Lipinski definition) is 0. The summed E-state index contributed by atoms with van der Waals surface area (Å²) in [4.78, 5) is 41.0. The molecule has 1 aliphatic heterocycles. The van der Waals surface area contributed by atoms with Gasteiger partial charge in [-0.3, -0.25) is 9.59 Å². The molecule has 122 valence electrons. The highest BCUT2D eigenvalue weighted by molar-refractivity contribution is 6.20. The SMILES string of the molecule is CCc1ccccc1OCC(=O)ON1C(=O)c2ccccc2C1=O. The quantitative estimate of drug-likeness (QED) is 0.789. The average Bonchev–Trinajstić information content (AvgIpc) is 2.85. The van der Waals surface area contributed by atoms with E-state index in [4.69, 9.17) is 9.57 Å². The summed E-state index contributed by atoms with van der Waals surface area (Å²) in [7, 11) is 0. The van der Waals surface area contributed by atoms with E-state index in [1.165, 1.54) is 12.1 Å². The molecule has 0 bridgehead atoms. The van der Waals surface area contributed by atoms with E-state index in [0.29, 0.717) is 10.8 Å². The van der Waals surface area contributed by atoms with Crippen LogP contribution < -0.4 is 4.74 Å². The van der Waals surface area contributed by atoms with Crippen molar-refractivity contribution in [1.29, 1.82) is 0 Å². The van der Waals surface area contributed by atoms with Crippen LogP contribution in [0.1, 0.15) is 33.2 Å². The van der Waals surface area contributed by atoms with Gasteiger partial charge in [-0.05, 0) is 30.2 Å². The summed E-state index contributed by atoms with van der Waals surface area (Å²) in [6.45, 7) is 1.57. The van der Waals surface area contributed by atoms with Crippen molar-refractivity contribution in [1.82, 2.24) is 5.06 Å². The van der Waals surface area contributed by atoms with Gasteiger partial charge in [-0.15, -0.1) is 0 Å². The molecule has 0 fully saturated rings. The van der Waals surface area contributed by atoms with Crippen LogP contribution >= 0.6 is 0 Å². The monoisotopic (exact) mass is 325 g/mol. The topological polar surface area (TPSA) is 72.9 Å². The highest BCUT2D eigenvalue weighted by atomic mass is 16.7. The van der Waals surface area contributed by atoms with E-state index in [2.05, 4.69) is 0 Å². The van der Waals surface area contributed by atoms with Crippen molar-refractivity contribution in [2.24, 2.45) is 0 Å². The Morgan fingerprint density at radius 3 is 2.17 bits per heavy atom. The molecule has 0 saturated heterocycles. The lowest BCUT2D eigenvalue weighted by atomic mass is 10.1. The number of aryl methyl sites for hydroxylation is 1. The molecular weight excluding hydrogens is 310 g/mol. The van der Waals surface area contributed by atoms with E-state index >= 15 is 0 Å². The number of amides is 2. The number of carbonyl (C=O) groups is 3. The van der Waals surface area contributed by atoms with Crippen molar-refractivity contribution in [2.75, 3.05) is 6.61 Å². The zero-order valence-electron chi connectivity index (χ0n) is 13.0. The second kappa shape index (κ2) is 6.54.